The van der Waals surface area contributed by atoms with Gasteiger partial charge in [-0.15, -0.1) is 0 Å². The van der Waals surface area contributed by atoms with E-state index in [2.05, 4.69) is 10.6 Å². The summed E-state index contributed by atoms with van der Waals surface area (Å²) in [6.45, 7) is -0.00775. The lowest BCUT2D eigenvalue weighted by Gasteiger charge is -2.30. The van der Waals surface area contributed by atoms with Crippen LogP contribution in [0.15, 0.2) is 18.2 Å². The van der Waals surface area contributed by atoms with E-state index in [9.17, 15) is 19.2 Å². The van der Waals surface area contributed by atoms with E-state index in [4.69, 9.17) is 11.6 Å². The van der Waals surface area contributed by atoms with E-state index in [1.54, 1.807) is 20.2 Å². The Morgan fingerprint density at radius 2 is 1.90 bits per heavy atom. The molecule has 1 saturated carbocycles. The van der Waals surface area contributed by atoms with Crippen molar-refractivity contribution in [2.75, 3.05) is 26.0 Å². The SMILES string of the molecule is CN(C)C(=O)c1ccc(Cl)c(NC(=O)CCN2C(=O)NC3(CCCCC3)C2=O)c1. The summed E-state index contributed by atoms with van der Waals surface area (Å²) in [5.41, 5.74) is -0.0935. The molecule has 2 fully saturated rings. The molecule has 0 atom stereocenters. The van der Waals surface area contributed by atoms with Crippen molar-refractivity contribution in [2.45, 2.75) is 44.1 Å². The maximum absolute atomic E-state index is 12.7. The molecule has 1 aromatic carbocycles. The van der Waals surface area contributed by atoms with Gasteiger partial charge in [0.25, 0.3) is 11.8 Å². The van der Waals surface area contributed by atoms with Gasteiger partial charge in [-0.3, -0.25) is 19.3 Å². The monoisotopic (exact) mass is 420 g/mol. The fourth-order valence-electron chi connectivity index (χ4n) is 3.81. The van der Waals surface area contributed by atoms with Crippen LogP contribution in [0, 0.1) is 0 Å². The molecule has 0 bridgehead atoms. The first-order valence-electron chi connectivity index (χ1n) is 9.69. The maximum atomic E-state index is 12.7. The molecule has 156 valence electrons. The minimum atomic E-state index is -0.796. The molecule has 1 heterocycles. The molecule has 0 aromatic heterocycles. The fourth-order valence-corrected chi connectivity index (χ4v) is 3.98. The number of rotatable bonds is 5. The van der Waals surface area contributed by atoms with E-state index in [-0.39, 0.29) is 24.8 Å². The largest absolute Gasteiger partial charge is 0.345 e. The van der Waals surface area contributed by atoms with E-state index < -0.39 is 17.5 Å². The number of carbonyl (C=O) groups is 4. The summed E-state index contributed by atoms with van der Waals surface area (Å²) in [6, 6.07) is 4.18. The van der Waals surface area contributed by atoms with Gasteiger partial charge in [-0.25, -0.2) is 4.79 Å². The van der Waals surface area contributed by atoms with Crippen molar-refractivity contribution in [3.05, 3.63) is 28.8 Å². The molecule has 1 aliphatic heterocycles. The number of halogens is 1. The summed E-state index contributed by atoms with van der Waals surface area (Å²) in [6.07, 6.45) is 4.09. The van der Waals surface area contributed by atoms with E-state index in [1.165, 1.54) is 17.0 Å². The Morgan fingerprint density at radius 1 is 1.21 bits per heavy atom. The average Bonchev–Trinajstić information content (AvgIpc) is 2.91. The smallest absolute Gasteiger partial charge is 0.325 e. The lowest BCUT2D eigenvalue weighted by atomic mass is 9.82. The third kappa shape index (κ3) is 4.37. The van der Waals surface area contributed by atoms with E-state index in [0.29, 0.717) is 29.1 Å². The van der Waals surface area contributed by atoms with Gasteiger partial charge in [-0.1, -0.05) is 30.9 Å². The second-order valence-electron chi connectivity index (χ2n) is 7.72. The Bertz CT molecular complexity index is 849. The van der Waals surface area contributed by atoms with Crippen molar-refractivity contribution in [3.63, 3.8) is 0 Å². The molecule has 3 rings (SSSR count). The molecule has 0 unspecified atom stereocenters. The Labute approximate surface area is 174 Å². The van der Waals surface area contributed by atoms with Gasteiger partial charge in [0.15, 0.2) is 0 Å². The number of carbonyl (C=O) groups excluding carboxylic acids is 4. The zero-order valence-corrected chi connectivity index (χ0v) is 17.3. The second kappa shape index (κ2) is 8.41. The Hall–Kier alpha value is -2.61. The van der Waals surface area contributed by atoms with Gasteiger partial charge in [-0.2, -0.15) is 0 Å². The number of hydrogen-bond donors (Lipinski definition) is 2. The number of nitrogens with one attached hydrogen (secondary N) is 2. The second-order valence-corrected chi connectivity index (χ2v) is 8.13. The fraction of sp³-hybridized carbons (Fsp3) is 0.500. The minimum absolute atomic E-state index is 0.00775. The van der Waals surface area contributed by atoms with Crippen LogP contribution in [0.2, 0.25) is 5.02 Å². The molecule has 9 heteroatoms. The van der Waals surface area contributed by atoms with Crippen LogP contribution in [0.25, 0.3) is 0 Å². The molecule has 1 aliphatic carbocycles. The van der Waals surface area contributed by atoms with Crippen LogP contribution >= 0.6 is 11.6 Å². The lowest BCUT2D eigenvalue weighted by Crippen LogP contribution is -2.48. The summed E-state index contributed by atoms with van der Waals surface area (Å²) < 4.78 is 0. The number of urea groups is 1. The topological polar surface area (TPSA) is 98.8 Å². The van der Waals surface area contributed by atoms with Crippen molar-refractivity contribution < 1.29 is 19.2 Å². The Balaban J connectivity index is 1.62. The van der Waals surface area contributed by atoms with Crippen LogP contribution in [0.4, 0.5) is 10.5 Å². The normalized spacial score (nSPS) is 18.0. The molecular weight excluding hydrogens is 396 g/mol. The highest BCUT2D eigenvalue weighted by molar-refractivity contribution is 6.33. The number of nitrogens with zero attached hydrogens (tertiary/aromatic N) is 2. The summed E-state index contributed by atoms with van der Waals surface area (Å²) in [4.78, 5) is 52.0. The van der Waals surface area contributed by atoms with Crippen LogP contribution < -0.4 is 10.6 Å². The Kier molecular flexibility index (Phi) is 6.12. The molecule has 2 aliphatic rings. The average molecular weight is 421 g/mol. The first-order chi connectivity index (χ1) is 13.7. The third-order valence-electron chi connectivity index (χ3n) is 5.41. The Morgan fingerprint density at radius 3 is 2.55 bits per heavy atom. The van der Waals surface area contributed by atoms with Gasteiger partial charge in [0.1, 0.15) is 5.54 Å². The highest BCUT2D eigenvalue weighted by Gasteiger charge is 2.51. The predicted molar refractivity (Wildman–Crippen MR) is 109 cm³/mol. The minimum Gasteiger partial charge on any atom is -0.345 e. The zero-order chi connectivity index (χ0) is 21.2. The van der Waals surface area contributed by atoms with Gasteiger partial charge in [0.2, 0.25) is 5.91 Å². The molecule has 0 radical (unpaired) electrons. The van der Waals surface area contributed by atoms with Gasteiger partial charge < -0.3 is 15.5 Å². The molecule has 5 amide bonds. The van der Waals surface area contributed by atoms with Crippen LogP contribution in [-0.4, -0.2) is 59.7 Å². The van der Waals surface area contributed by atoms with Gasteiger partial charge in [-0.05, 0) is 31.0 Å². The predicted octanol–water partition coefficient (Wildman–Crippen LogP) is 2.63. The first kappa shape index (κ1) is 21.1. The maximum Gasteiger partial charge on any atom is 0.325 e. The number of anilines is 1. The number of hydrogen-bond acceptors (Lipinski definition) is 4. The molecule has 2 N–H and O–H groups in total. The lowest BCUT2D eigenvalue weighted by molar-refractivity contribution is -0.132. The van der Waals surface area contributed by atoms with E-state index >= 15 is 0 Å². The van der Waals surface area contributed by atoms with Crippen molar-refractivity contribution in [1.82, 2.24) is 15.1 Å². The summed E-state index contributed by atoms with van der Waals surface area (Å²) in [7, 11) is 3.26. The molecule has 8 nitrogen and oxygen atoms in total. The standard InChI is InChI=1S/C20H25ClN4O4/c1-24(2)17(27)13-6-7-14(21)15(12-13)22-16(26)8-11-25-18(28)20(23-19(25)29)9-4-3-5-10-20/h6-7,12H,3-5,8-11H2,1-2H3,(H,22,26)(H,23,29). The highest BCUT2D eigenvalue weighted by Crippen LogP contribution is 2.33. The van der Waals surface area contributed by atoms with Gasteiger partial charge in [0, 0.05) is 32.6 Å². The summed E-state index contributed by atoms with van der Waals surface area (Å²) >= 11 is 6.13. The number of imide groups is 1. The van der Waals surface area contributed by atoms with Crippen LogP contribution in [0.5, 0.6) is 0 Å². The molecule has 1 saturated heterocycles. The highest BCUT2D eigenvalue weighted by atomic mass is 35.5. The summed E-state index contributed by atoms with van der Waals surface area (Å²) in [5, 5.41) is 5.78. The van der Waals surface area contributed by atoms with Crippen molar-refractivity contribution >= 4 is 41.0 Å². The number of amides is 5. The molecule has 29 heavy (non-hydrogen) atoms. The molecule has 1 spiro atoms. The van der Waals surface area contributed by atoms with Crippen molar-refractivity contribution in [1.29, 1.82) is 0 Å². The van der Waals surface area contributed by atoms with Crippen LogP contribution in [-0.2, 0) is 9.59 Å². The van der Waals surface area contributed by atoms with Crippen molar-refractivity contribution in [3.8, 4) is 0 Å². The number of benzene rings is 1. The first-order valence-corrected chi connectivity index (χ1v) is 10.1. The molecule has 1 aromatic rings. The zero-order valence-electron chi connectivity index (χ0n) is 16.6. The van der Waals surface area contributed by atoms with Crippen LogP contribution in [0.3, 0.4) is 0 Å². The van der Waals surface area contributed by atoms with E-state index in [1.807, 2.05) is 0 Å². The van der Waals surface area contributed by atoms with Gasteiger partial charge >= 0.3 is 6.03 Å². The molecular formula is C20H25ClN4O4. The van der Waals surface area contributed by atoms with E-state index in [0.717, 1.165) is 24.2 Å². The van der Waals surface area contributed by atoms with Crippen LogP contribution in [0.1, 0.15) is 48.9 Å². The van der Waals surface area contributed by atoms with Crippen molar-refractivity contribution in [2.24, 2.45) is 0 Å². The quantitative estimate of drug-likeness (QED) is 0.715. The van der Waals surface area contributed by atoms with Gasteiger partial charge in [0.05, 0.1) is 10.7 Å². The third-order valence-corrected chi connectivity index (χ3v) is 5.74. The summed E-state index contributed by atoms with van der Waals surface area (Å²) in [5.74, 6) is -0.854.